The minimum atomic E-state index is -0.114. The number of hydrogen-bond donors (Lipinski definition) is 1. The van der Waals surface area contributed by atoms with Crippen LogP contribution < -0.4 is 5.32 Å². The second kappa shape index (κ2) is 5.26. The summed E-state index contributed by atoms with van der Waals surface area (Å²) < 4.78 is 1.96. The van der Waals surface area contributed by atoms with Gasteiger partial charge in [-0.1, -0.05) is 29.8 Å². The van der Waals surface area contributed by atoms with Crippen molar-refractivity contribution in [1.82, 2.24) is 4.57 Å². The Bertz CT molecular complexity index is 836. The van der Waals surface area contributed by atoms with Gasteiger partial charge in [0.2, 0.25) is 0 Å². The summed E-state index contributed by atoms with van der Waals surface area (Å²) in [6.07, 6.45) is 1.85. The van der Waals surface area contributed by atoms with Crippen LogP contribution in [0.25, 0.3) is 10.9 Å². The summed E-state index contributed by atoms with van der Waals surface area (Å²) in [6.45, 7) is 1.92. The van der Waals surface area contributed by atoms with Gasteiger partial charge < -0.3 is 9.88 Å². The van der Waals surface area contributed by atoms with E-state index in [1.807, 2.05) is 61.1 Å². The van der Waals surface area contributed by atoms with Crippen molar-refractivity contribution < 1.29 is 4.79 Å². The number of rotatable bonds is 2. The Morgan fingerprint density at radius 1 is 1.19 bits per heavy atom. The van der Waals surface area contributed by atoms with Crippen molar-refractivity contribution in [1.29, 1.82) is 0 Å². The Hall–Kier alpha value is -2.26. The lowest BCUT2D eigenvalue weighted by Crippen LogP contribution is -2.12. The molecule has 0 aliphatic rings. The third-order valence-electron chi connectivity index (χ3n) is 3.58. The van der Waals surface area contributed by atoms with Crippen molar-refractivity contribution in [3.8, 4) is 0 Å². The van der Waals surface area contributed by atoms with Gasteiger partial charge in [-0.15, -0.1) is 0 Å². The average Bonchev–Trinajstić information content (AvgIpc) is 2.80. The average molecular weight is 299 g/mol. The fraction of sp³-hybridized carbons (Fsp3) is 0.118. The van der Waals surface area contributed by atoms with E-state index in [2.05, 4.69) is 5.32 Å². The van der Waals surface area contributed by atoms with E-state index in [0.29, 0.717) is 10.6 Å². The molecule has 3 nitrogen and oxygen atoms in total. The summed E-state index contributed by atoms with van der Waals surface area (Å²) in [4.78, 5) is 12.5. The maximum absolute atomic E-state index is 12.5. The second-order valence-electron chi connectivity index (χ2n) is 5.08. The molecular weight excluding hydrogens is 284 g/mol. The normalized spacial score (nSPS) is 10.8. The van der Waals surface area contributed by atoms with Gasteiger partial charge in [-0.05, 0) is 36.8 Å². The standard InChI is InChI=1S/C17H15ClN2O/c1-11-9-12(18)7-8-15(11)19-17(21)14-10-20(2)16-6-4-3-5-13(14)16/h3-10H,1-2H3,(H,19,21). The zero-order valence-corrected chi connectivity index (χ0v) is 12.6. The minimum absolute atomic E-state index is 0.114. The molecule has 3 aromatic rings. The molecule has 0 saturated heterocycles. The van der Waals surface area contributed by atoms with Crippen LogP contribution >= 0.6 is 11.6 Å². The molecule has 0 atom stereocenters. The molecule has 0 radical (unpaired) electrons. The summed E-state index contributed by atoms with van der Waals surface area (Å²) in [7, 11) is 1.94. The van der Waals surface area contributed by atoms with Gasteiger partial charge in [0.25, 0.3) is 5.91 Å². The van der Waals surface area contributed by atoms with Crippen LogP contribution in [-0.4, -0.2) is 10.5 Å². The van der Waals surface area contributed by atoms with Crippen LogP contribution in [0.2, 0.25) is 5.02 Å². The minimum Gasteiger partial charge on any atom is -0.350 e. The van der Waals surface area contributed by atoms with Gasteiger partial charge in [-0.3, -0.25) is 4.79 Å². The van der Waals surface area contributed by atoms with Crippen LogP contribution in [0.4, 0.5) is 5.69 Å². The third-order valence-corrected chi connectivity index (χ3v) is 3.81. The van der Waals surface area contributed by atoms with Crippen molar-refractivity contribution in [2.24, 2.45) is 7.05 Å². The molecule has 1 aromatic heterocycles. The van der Waals surface area contributed by atoms with Gasteiger partial charge in [0.1, 0.15) is 0 Å². The molecule has 1 amide bonds. The first kappa shape index (κ1) is 13.7. The van der Waals surface area contributed by atoms with E-state index in [0.717, 1.165) is 22.2 Å². The Morgan fingerprint density at radius 3 is 2.71 bits per heavy atom. The first-order chi connectivity index (χ1) is 10.1. The fourth-order valence-electron chi connectivity index (χ4n) is 2.48. The molecule has 0 bridgehead atoms. The van der Waals surface area contributed by atoms with Crippen molar-refractivity contribution in [2.75, 3.05) is 5.32 Å². The van der Waals surface area contributed by atoms with Crippen LogP contribution in [-0.2, 0) is 7.05 Å². The van der Waals surface area contributed by atoms with Crippen LogP contribution in [0.15, 0.2) is 48.7 Å². The first-order valence-electron chi connectivity index (χ1n) is 6.68. The maximum atomic E-state index is 12.5. The predicted octanol–water partition coefficient (Wildman–Crippen LogP) is 4.39. The van der Waals surface area contributed by atoms with E-state index in [1.165, 1.54) is 0 Å². The number of nitrogens with zero attached hydrogens (tertiary/aromatic N) is 1. The number of nitrogens with one attached hydrogen (secondary N) is 1. The topological polar surface area (TPSA) is 34.0 Å². The Morgan fingerprint density at radius 2 is 1.95 bits per heavy atom. The smallest absolute Gasteiger partial charge is 0.257 e. The van der Waals surface area contributed by atoms with Gasteiger partial charge in [0.15, 0.2) is 0 Å². The van der Waals surface area contributed by atoms with Crippen molar-refractivity contribution in [3.05, 3.63) is 64.8 Å². The molecule has 1 heterocycles. The molecule has 106 valence electrons. The van der Waals surface area contributed by atoms with E-state index in [9.17, 15) is 4.79 Å². The molecule has 1 N–H and O–H groups in total. The highest BCUT2D eigenvalue weighted by Gasteiger charge is 2.14. The number of fused-ring (bicyclic) bond motifs is 1. The van der Waals surface area contributed by atoms with Gasteiger partial charge in [0.05, 0.1) is 5.56 Å². The van der Waals surface area contributed by atoms with E-state index < -0.39 is 0 Å². The molecule has 0 unspecified atom stereocenters. The van der Waals surface area contributed by atoms with Crippen LogP contribution in [0.3, 0.4) is 0 Å². The highest BCUT2D eigenvalue weighted by atomic mass is 35.5. The molecule has 0 aliphatic carbocycles. The molecule has 3 rings (SSSR count). The highest BCUT2D eigenvalue weighted by Crippen LogP contribution is 2.24. The van der Waals surface area contributed by atoms with Gasteiger partial charge in [0, 0.05) is 34.9 Å². The Kier molecular flexibility index (Phi) is 3.43. The number of halogens is 1. The van der Waals surface area contributed by atoms with Crippen molar-refractivity contribution in [2.45, 2.75) is 6.92 Å². The van der Waals surface area contributed by atoms with E-state index in [4.69, 9.17) is 11.6 Å². The van der Waals surface area contributed by atoms with Gasteiger partial charge >= 0.3 is 0 Å². The number of aromatic nitrogens is 1. The van der Waals surface area contributed by atoms with Gasteiger partial charge in [-0.25, -0.2) is 0 Å². The SMILES string of the molecule is Cc1cc(Cl)ccc1NC(=O)c1cn(C)c2ccccc12. The molecule has 0 spiro atoms. The van der Waals surface area contributed by atoms with E-state index in [-0.39, 0.29) is 5.91 Å². The number of amides is 1. The van der Waals surface area contributed by atoms with Crippen LogP contribution in [0.5, 0.6) is 0 Å². The maximum Gasteiger partial charge on any atom is 0.257 e. The number of benzene rings is 2. The zero-order chi connectivity index (χ0) is 15.0. The molecule has 0 aliphatic heterocycles. The van der Waals surface area contributed by atoms with E-state index >= 15 is 0 Å². The predicted molar refractivity (Wildman–Crippen MR) is 87.1 cm³/mol. The lowest BCUT2D eigenvalue weighted by molar-refractivity contribution is 0.102. The fourth-order valence-corrected chi connectivity index (χ4v) is 2.71. The third kappa shape index (κ3) is 2.52. The summed E-state index contributed by atoms with van der Waals surface area (Å²) in [5.74, 6) is -0.114. The molecule has 4 heteroatoms. The van der Waals surface area contributed by atoms with Crippen LogP contribution in [0.1, 0.15) is 15.9 Å². The van der Waals surface area contributed by atoms with Crippen molar-refractivity contribution in [3.63, 3.8) is 0 Å². The molecule has 2 aromatic carbocycles. The van der Waals surface area contributed by atoms with Gasteiger partial charge in [-0.2, -0.15) is 0 Å². The number of aryl methyl sites for hydroxylation is 2. The lowest BCUT2D eigenvalue weighted by atomic mass is 10.1. The summed E-state index contributed by atoms with van der Waals surface area (Å²) in [5, 5.41) is 4.56. The number of carbonyl (C=O) groups is 1. The number of hydrogen-bond acceptors (Lipinski definition) is 1. The van der Waals surface area contributed by atoms with E-state index in [1.54, 1.807) is 6.07 Å². The number of para-hydroxylation sites is 1. The number of anilines is 1. The summed E-state index contributed by atoms with van der Waals surface area (Å²) in [6, 6.07) is 13.3. The second-order valence-corrected chi connectivity index (χ2v) is 5.52. The van der Waals surface area contributed by atoms with Crippen molar-refractivity contribution >= 4 is 34.1 Å². The molecule has 0 fully saturated rings. The first-order valence-corrected chi connectivity index (χ1v) is 7.05. The lowest BCUT2D eigenvalue weighted by Gasteiger charge is -2.08. The Balaban J connectivity index is 1.98. The molecule has 21 heavy (non-hydrogen) atoms. The summed E-state index contributed by atoms with van der Waals surface area (Å²) in [5.41, 5.74) is 3.42. The molecular formula is C17H15ClN2O. The summed E-state index contributed by atoms with van der Waals surface area (Å²) >= 11 is 5.94. The quantitative estimate of drug-likeness (QED) is 0.748. The zero-order valence-electron chi connectivity index (χ0n) is 11.9. The monoisotopic (exact) mass is 298 g/mol. The van der Waals surface area contributed by atoms with Crippen LogP contribution in [0, 0.1) is 6.92 Å². The molecule has 0 saturated carbocycles. The highest BCUT2D eigenvalue weighted by molar-refractivity contribution is 6.30. The largest absolute Gasteiger partial charge is 0.350 e. The number of carbonyl (C=O) groups excluding carboxylic acids is 1. The Labute approximate surface area is 128 Å².